The number of nitrogens with zero attached hydrogens (tertiary/aromatic N) is 1. The second-order valence-corrected chi connectivity index (χ2v) is 7.12. The molecule has 0 heterocycles. The highest BCUT2D eigenvalue weighted by Gasteiger charge is 2.03. The number of aryl methyl sites for hydroxylation is 1. The number of nitriles is 1. The van der Waals surface area contributed by atoms with Crippen molar-refractivity contribution in [2.75, 3.05) is 7.11 Å². The molecule has 0 saturated heterocycles. The summed E-state index contributed by atoms with van der Waals surface area (Å²) in [7, 11) is 1.69. The zero-order chi connectivity index (χ0) is 22.1. The first-order chi connectivity index (χ1) is 14.1. The highest BCUT2D eigenvalue weighted by Crippen LogP contribution is 2.24. The Bertz CT molecular complexity index is 706. The van der Waals surface area contributed by atoms with Gasteiger partial charge in [-0.3, -0.25) is 0 Å². The van der Waals surface area contributed by atoms with E-state index in [1.54, 1.807) is 7.11 Å². The number of rotatable bonds is 8. The van der Waals surface area contributed by atoms with Gasteiger partial charge in [0.1, 0.15) is 0 Å². The average molecular weight is 394 g/mol. The molecule has 0 amide bonds. The highest BCUT2D eigenvalue weighted by atomic mass is 16.5. The molecule has 0 bridgehead atoms. The molecule has 0 atom stereocenters. The molecule has 29 heavy (non-hydrogen) atoms. The number of methoxy groups -OCH3 is 1. The van der Waals surface area contributed by atoms with Crippen LogP contribution in [0.15, 0.2) is 55.6 Å². The predicted molar refractivity (Wildman–Crippen MR) is 127 cm³/mol. The van der Waals surface area contributed by atoms with Crippen molar-refractivity contribution >= 4 is 0 Å². The number of hydrogen-bond acceptors (Lipinski definition) is 2. The van der Waals surface area contributed by atoms with Crippen molar-refractivity contribution in [3.05, 3.63) is 72.3 Å². The van der Waals surface area contributed by atoms with E-state index < -0.39 is 0 Å². The van der Waals surface area contributed by atoms with Crippen LogP contribution in [0.2, 0.25) is 0 Å². The second-order valence-electron chi connectivity index (χ2n) is 7.12. The van der Waals surface area contributed by atoms with E-state index in [0.29, 0.717) is 12.2 Å². The lowest BCUT2D eigenvalue weighted by Gasteiger charge is -2.10. The summed E-state index contributed by atoms with van der Waals surface area (Å²) in [4.78, 5) is 0. The van der Waals surface area contributed by atoms with Crippen molar-refractivity contribution in [1.29, 1.82) is 5.26 Å². The Kier molecular flexibility index (Phi) is 15.2. The Hall–Kier alpha value is -2.37. The molecule has 158 valence electrons. The molecule has 0 aliphatic carbocycles. The van der Waals surface area contributed by atoms with E-state index in [1.807, 2.05) is 25.1 Å². The molecule has 0 spiro atoms. The molecule has 0 fully saturated rings. The number of benzene rings is 2. The zero-order valence-corrected chi connectivity index (χ0v) is 19.1. The standard InChI is InChI=1S/C16H15NO.C9H20.C2H4/c1-12-9-14(10-17)5-8-16(12)15-6-3-13(4-7-15)11-18-2;1-4-7-9(6-3)8-5-2;1-2/h3-9H,11H2,1-2H3;9H,4-8H2,1-3H3;1-2H2. The van der Waals surface area contributed by atoms with Crippen LogP contribution in [0.3, 0.4) is 0 Å². The van der Waals surface area contributed by atoms with Gasteiger partial charge in [-0.15, -0.1) is 13.2 Å². The van der Waals surface area contributed by atoms with E-state index in [-0.39, 0.29) is 0 Å². The van der Waals surface area contributed by atoms with Gasteiger partial charge in [0.05, 0.1) is 18.2 Å². The molecule has 0 aliphatic heterocycles. The summed E-state index contributed by atoms with van der Waals surface area (Å²) < 4.78 is 5.09. The first kappa shape index (κ1) is 26.6. The molecule has 0 saturated carbocycles. The number of ether oxygens (including phenoxy) is 1. The molecule has 0 aliphatic rings. The summed E-state index contributed by atoms with van der Waals surface area (Å²) in [5.41, 5.74) is 5.31. The lowest BCUT2D eigenvalue weighted by molar-refractivity contribution is 0.185. The predicted octanol–water partition coefficient (Wildman–Crippen LogP) is 8.10. The number of hydrogen-bond donors (Lipinski definition) is 0. The first-order valence-corrected chi connectivity index (χ1v) is 10.7. The Morgan fingerprint density at radius 3 is 1.97 bits per heavy atom. The maximum atomic E-state index is 8.86. The molecule has 2 nitrogen and oxygen atoms in total. The fourth-order valence-electron chi connectivity index (χ4n) is 3.37. The van der Waals surface area contributed by atoms with Crippen LogP contribution >= 0.6 is 0 Å². The van der Waals surface area contributed by atoms with E-state index in [0.717, 1.165) is 28.2 Å². The minimum Gasteiger partial charge on any atom is -0.380 e. The first-order valence-electron chi connectivity index (χ1n) is 10.7. The third-order valence-corrected chi connectivity index (χ3v) is 4.90. The van der Waals surface area contributed by atoms with Crippen LogP contribution in [0.1, 0.15) is 69.6 Å². The molecule has 0 radical (unpaired) electrons. The molecule has 0 unspecified atom stereocenters. The van der Waals surface area contributed by atoms with Gasteiger partial charge in [-0.25, -0.2) is 0 Å². The summed E-state index contributed by atoms with van der Waals surface area (Å²) in [6.45, 7) is 15.5. The quantitative estimate of drug-likeness (QED) is 0.424. The van der Waals surface area contributed by atoms with Crippen LogP contribution in [-0.4, -0.2) is 7.11 Å². The van der Waals surface area contributed by atoms with Crippen LogP contribution in [0, 0.1) is 24.2 Å². The normalized spacial score (nSPS) is 9.69. The summed E-state index contributed by atoms with van der Waals surface area (Å²) in [5, 5.41) is 8.86. The van der Waals surface area contributed by atoms with Crippen molar-refractivity contribution in [2.45, 2.75) is 66.4 Å². The molecular weight excluding hydrogens is 354 g/mol. The van der Waals surface area contributed by atoms with Gasteiger partial charge in [-0.2, -0.15) is 5.26 Å². The highest BCUT2D eigenvalue weighted by molar-refractivity contribution is 5.68. The van der Waals surface area contributed by atoms with Crippen LogP contribution in [-0.2, 0) is 11.3 Å². The van der Waals surface area contributed by atoms with Crippen molar-refractivity contribution in [2.24, 2.45) is 5.92 Å². The summed E-state index contributed by atoms with van der Waals surface area (Å²) in [5.74, 6) is 1.01. The fraction of sp³-hybridized carbons (Fsp3) is 0.444. The minimum atomic E-state index is 0.632. The van der Waals surface area contributed by atoms with Gasteiger partial charge in [-0.1, -0.05) is 83.2 Å². The Balaban J connectivity index is 0.000000606. The van der Waals surface area contributed by atoms with Gasteiger partial charge in [0.15, 0.2) is 0 Å². The molecule has 2 heteroatoms. The molecule has 2 aromatic rings. The van der Waals surface area contributed by atoms with Crippen LogP contribution in [0.5, 0.6) is 0 Å². The van der Waals surface area contributed by atoms with Gasteiger partial charge < -0.3 is 4.74 Å². The van der Waals surface area contributed by atoms with E-state index in [2.05, 4.69) is 64.3 Å². The SMILES string of the molecule is C=C.CCCC(CC)CCC.COCc1ccc(-c2ccc(C#N)cc2C)cc1. The average Bonchev–Trinajstić information content (AvgIpc) is 2.76. The second kappa shape index (κ2) is 16.6. The van der Waals surface area contributed by atoms with E-state index in [4.69, 9.17) is 10.00 Å². The Morgan fingerprint density at radius 1 is 0.966 bits per heavy atom. The van der Waals surface area contributed by atoms with Crippen molar-refractivity contribution < 1.29 is 4.74 Å². The lowest BCUT2D eigenvalue weighted by atomic mass is 9.96. The maximum Gasteiger partial charge on any atom is 0.0991 e. The monoisotopic (exact) mass is 393 g/mol. The topological polar surface area (TPSA) is 33.0 Å². The molecule has 0 aromatic heterocycles. The molecular formula is C27H39NO. The lowest BCUT2D eigenvalue weighted by Crippen LogP contribution is -1.96. The zero-order valence-electron chi connectivity index (χ0n) is 19.1. The van der Waals surface area contributed by atoms with Crippen LogP contribution < -0.4 is 0 Å². The molecule has 2 aromatic carbocycles. The maximum absolute atomic E-state index is 8.86. The summed E-state index contributed by atoms with van der Waals surface area (Å²) in [6.07, 6.45) is 6.97. The Morgan fingerprint density at radius 2 is 1.55 bits per heavy atom. The van der Waals surface area contributed by atoms with Crippen LogP contribution in [0.4, 0.5) is 0 Å². The van der Waals surface area contributed by atoms with Gasteiger partial charge in [0.25, 0.3) is 0 Å². The van der Waals surface area contributed by atoms with Gasteiger partial charge in [0, 0.05) is 7.11 Å². The van der Waals surface area contributed by atoms with E-state index in [9.17, 15) is 0 Å². The van der Waals surface area contributed by atoms with Crippen molar-refractivity contribution in [3.63, 3.8) is 0 Å². The third kappa shape index (κ3) is 10.1. The van der Waals surface area contributed by atoms with Gasteiger partial charge in [0.2, 0.25) is 0 Å². The van der Waals surface area contributed by atoms with E-state index >= 15 is 0 Å². The minimum absolute atomic E-state index is 0.632. The van der Waals surface area contributed by atoms with E-state index in [1.165, 1.54) is 32.1 Å². The van der Waals surface area contributed by atoms with Gasteiger partial charge >= 0.3 is 0 Å². The fourth-order valence-corrected chi connectivity index (χ4v) is 3.37. The van der Waals surface area contributed by atoms with Crippen molar-refractivity contribution in [1.82, 2.24) is 0 Å². The van der Waals surface area contributed by atoms with Crippen molar-refractivity contribution in [3.8, 4) is 17.2 Å². The largest absolute Gasteiger partial charge is 0.380 e. The molecule has 2 rings (SSSR count). The molecule has 0 N–H and O–H groups in total. The smallest absolute Gasteiger partial charge is 0.0991 e. The summed E-state index contributed by atoms with van der Waals surface area (Å²) in [6, 6.07) is 16.2. The third-order valence-electron chi connectivity index (χ3n) is 4.90. The van der Waals surface area contributed by atoms with Crippen LogP contribution in [0.25, 0.3) is 11.1 Å². The van der Waals surface area contributed by atoms with Gasteiger partial charge in [-0.05, 0) is 47.2 Å². The summed E-state index contributed by atoms with van der Waals surface area (Å²) >= 11 is 0. The Labute approximate surface area is 179 Å².